The van der Waals surface area contributed by atoms with Crippen molar-refractivity contribution >= 4 is 11.6 Å². The van der Waals surface area contributed by atoms with E-state index in [4.69, 9.17) is 25.6 Å². The summed E-state index contributed by atoms with van der Waals surface area (Å²) < 4.78 is 18.9. The van der Waals surface area contributed by atoms with Crippen molar-refractivity contribution in [2.75, 3.05) is 6.61 Å². The fourth-order valence-electron chi connectivity index (χ4n) is 3.45. The van der Waals surface area contributed by atoms with Crippen LogP contribution in [0.1, 0.15) is 24.3 Å². The van der Waals surface area contributed by atoms with Gasteiger partial charge in [-0.1, -0.05) is 41.0 Å². The molecule has 8 heteroatoms. The molecular formula is C22H19ClN4O3. The van der Waals surface area contributed by atoms with Crippen LogP contribution >= 0.6 is 11.6 Å². The van der Waals surface area contributed by atoms with Crippen molar-refractivity contribution in [2.24, 2.45) is 0 Å². The Morgan fingerprint density at radius 3 is 2.83 bits per heavy atom. The predicted molar refractivity (Wildman–Crippen MR) is 111 cm³/mol. The molecule has 7 nitrogen and oxygen atoms in total. The molecule has 0 radical (unpaired) electrons. The summed E-state index contributed by atoms with van der Waals surface area (Å²) in [4.78, 5) is 4.47. The standard InChI is InChI=1S/C22H19ClN4O3/c1-2-28-18-8-6-14(7-9-18)20-12-27-17(13-29-20)11-19(25-27)22-24-21(26-30-22)15-4-3-5-16(23)10-15/h3-11,20H,2,12-13H2,1H3/t20-/m0/s1. The molecule has 1 aliphatic rings. The van der Waals surface area contributed by atoms with Crippen LogP contribution in [-0.4, -0.2) is 26.5 Å². The Kier molecular flexibility index (Phi) is 4.98. The lowest BCUT2D eigenvalue weighted by atomic mass is 10.1. The highest BCUT2D eigenvalue weighted by molar-refractivity contribution is 6.30. The molecule has 2 aromatic carbocycles. The minimum atomic E-state index is -0.0781. The zero-order valence-corrected chi connectivity index (χ0v) is 17.0. The molecule has 0 bridgehead atoms. The minimum absolute atomic E-state index is 0.0781. The maximum Gasteiger partial charge on any atom is 0.278 e. The van der Waals surface area contributed by atoms with E-state index in [-0.39, 0.29) is 6.10 Å². The Morgan fingerprint density at radius 1 is 1.17 bits per heavy atom. The van der Waals surface area contributed by atoms with Crippen LogP contribution in [0, 0.1) is 0 Å². The molecule has 0 unspecified atom stereocenters. The number of fused-ring (bicyclic) bond motifs is 1. The number of benzene rings is 2. The quantitative estimate of drug-likeness (QED) is 0.454. The zero-order chi connectivity index (χ0) is 20.5. The van der Waals surface area contributed by atoms with Gasteiger partial charge in [0.05, 0.1) is 25.5 Å². The number of halogens is 1. The zero-order valence-electron chi connectivity index (χ0n) is 16.3. The first kappa shape index (κ1) is 18.8. The summed E-state index contributed by atoms with van der Waals surface area (Å²) in [7, 11) is 0. The molecule has 152 valence electrons. The highest BCUT2D eigenvalue weighted by atomic mass is 35.5. The second-order valence-corrected chi connectivity index (χ2v) is 7.37. The van der Waals surface area contributed by atoms with Gasteiger partial charge in [-0.25, -0.2) is 0 Å². The number of ether oxygens (including phenoxy) is 2. The molecule has 0 saturated heterocycles. The van der Waals surface area contributed by atoms with Crippen molar-refractivity contribution in [1.82, 2.24) is 19.9 Å². The van der Waals surface area contributed by atoms with Crippen molar-refractivity contribution in [1.29, 1.82) is 0 Å². The Balaban J connectivity index is 1.35. The fourth-order valence-corrected chi connectivity index (χ4v) is 3.64. The summed E-state index contributed by atoms with van der Waals surface area (Å²) in [5, 5.41) is 9.34. The Morgan fingerprint density at radius 2 is 2.03 bits per heavy atom. The third kappa shape index (κ3) is 3.69. The van der Waals surface area contributed by atoms with Gasteiger partial charge in [0.25, 0.3) is 5.89 Å². The fraction of sp³-hybridized carbons (Fsp3) is 0.227. The Labute approximate surface area is 178 Å². The summed E-state index contributed by atoms with van der Waals surface area (Å²) in [6.45, 7) is 3.68. The lowest BCUT2D eigenvalue weighted by Crippen LogP contribution is -2.21. The van der Waals surface area contributed by atoms with E-state index in [0.717, 1.165) is 22.6 Å². The van der Waals surface area contributed by atoms with Gasteiger partial charge in [0, 0.05) is 10.6 Å². The van der Waals surface area contributed by atoms with Gasteiger partial charge in [-0.15, -0.1) is 0 Å². The van der Waals surface area contributed by atoms with Crippen LogP contribution in [0.4, 0.5) is 0 Å². The predicted octanol–water partition coefficient (Wildman–Crippen LogP) is 4.92. The molecule has 4 aromatic rings. The number of nitrogens with zero attached hydrogens (tertiary/aromatic N) is 4. The van der Waals surface area contributed by atoms with E-state index in [0.29, 0.717) is 42.2 Å². The number of aromatic nitrogens is 4. The van der Waals surface area contributed by atoms with E-state index in [1.807, 2.05) is 54.1 Å². The molecule has 0 saturated carbocycles. The first-order valence-electron chi connectivity index (χ1n) is 9.70. The smallest absolute Gasteiger partial charge is 0.278 e. The van der Waals surface area contributed by atoms with E-state index in [9.17, 15) is 0 Å². The van der Waals surface area contributed by atoms with Gasteiger partial charge in [-0.05, 0) is 42.8 Å². The van der Waals surface area contributed by atoms with Crippen LogP contribution in [0.25, 0.3) is 23.0 Å². The number of hydrogen-bond donors (Lipinski definition) is 0. The van der Waals surface area contributed by atoms with Gasteiger partial charge in [0.1, 0.15) is 11.9 Å². The largest absolute Gasteiger partial charge is 0.494 e. The first-order chi connectivity index (χ1) is 14.7. The van der Waals surface area contributed by atoms with Crippen molar-refractivity contribution in [2.45, 2.75) is 26.2 Å². The monoisotopic (exact) mass is 422 g/mol. The van der Waals surface area contributed by atoms with Crippen LogP contribution < -0.4 is 4.74 Å². The van der Waals surface area contributed by atoms with Crippen molar-refractivity contribution < 1.29 is 14.0 Å². The lowest BCUT2D eigenvalue weighted by molar-refractivity contribution is -0.00115. The van der Waals surface area contributed by atoms with Crippen LogP contribution in [0.5, 0.6) is 5.75 Å². The van der Waals surface area contributed by atoms with Crippen molar-refractivity contribution in [3.8, 4) is 28.7 Å². The van der Waals surface area contributed by atoms with Crippen molar-refractivity contribution in [3.63, 3.8) is 0 Å². The van der Waals surface area contributed by atoms with Gasteiger partial charge in [0.15, 0.2) is 5.69 Å². The summed E-state index contributed by atoms with van der Waals surface area (Å²) >= 11 is 6.05. The highest BCUT2D eigenvalue weighted by Crippen LogP contribution is 2.30. The second-order valence-electron chi connectivity index (χ2n) is 6.94. The summed E-state index contributed by atoms with van der Waals surface area (Å²) in [5.74, 6) is 1.69. The molecule has 1 aliphatic heterocycles. The van der Waals surface area contributed by atoms with Crippen LogP contribution in [0.3, 0.4) is 0 Å². The SMILES string of the molecule is CCOc1ccc([C@@H]2Cn3nc(-c4nc(-c5cccc(Cl)c5)no4)cc3CO2)cc1. The molecular weight excluding hydrogens is 404 g/mol. The maximum absolute atomic E-state index is 6.05. The summed E-state index contributed by atoms with van der Waals surface area (Å²) in [5.41, 5.74) is 3.47. The molecule has 0 spiro atoms. The molecule has 0 amide bonds. The summed E-state index contributed by atoms with van der Waals surface area (Å²) in [6.07, 6.45) is -0.0781. The van der Waals surface area contributed by atoms with E-state index < -0.39 is 0 Å². The number of rotatable bonds is 5. The average molecular weight is 423 g/mol. The lowest BCUT2D eigenvalue weighted by Gasteiger charge is -2.24. The van der Waals surface area contributed by atoms with Gasteiger partial charge >= 0.3 is 0 Å². The van der Waals surface area contributed by atoms with E-state index >= 15 is 0 Å². The van der Waals surface area contributed by atoms with E-state index in [1.54, 1.807) is 12.1 Å². The van der Waals surface area contributed by atoms with Gasteiger partial charge in [0.2, 0.25) is 5.82 Å². The summed E-state index contributed by atoms with van der Waals surface area (Å²) in [6, 6.07) is 17.2. The second kappa shape index (κ2) is 7.93. The molecule has 0 fully saturated rings. The maximum atomic E-state index is 6.05. The minimum Gasteiger partial charge on any atom is -0.494 e. The molecule has 2 aromatic heterocycles. The third-order valence-electron chi connectivity index (χ3n) is 4.93. The first-order valence-corrected chi connectivity index (χ1v) is 10.1. The molecule has 5 rings (SSSR count). The van der Waals surface area contributed by atoms with Gasteiger partial charge in [-0.2, -0.15) is 10.1 Å². The van der Waals surface area contributed by atoms with Crippen LogP contribution in [-0.2, 0) is 17.9 Å². The molecule has 0 aliphatic carbocycles. The van der Waals surface area contributed by atoms with E-state index in [1.165, 1.54) is 0 Å². The van der Waals surface area contributed by atoms with Gasteiger partial charge < -0.3 is 14.0 Å². The molecule has 30 heavy (non-hydrogen) atoms. The van der Waals surface area contributed by atoms with Crippen LogP contribution in [0.15, 0.2) is 59.1 Å². The van der Waals surface area contributed by atoms with E-state index in [2.05, 4.69) is 15.2 Å². The highest BCUT2D eigenvalue weighted by Gasteiger charge is 2.24. The molecule has 1 atom stereocenters. The third-order valence-corrected chi connectivity index (χ3v) is 5.16. The topological polar surface area (TPSA) is 75.2 Å². The molecule has 3 heterocycles. The molecule has 0 N–H and O–H groups in total. The average Bonchev–Trinajstić information content (AvgIpc) is 3.41. The number of hydrogen-bond acceptors (Lipinski definition) is 6. The Bertz CT molecular complexity index is 1170. The Hall–Kier alpha value is -3.16. The van der Waals surface area contributed by atoms with Gasteiger partial charge in [-0.3, -0.25) is 4.68 Å². The van der Waals surface area contributed by atoms with Crippen molar-refractivity contribution in [3.05, 3.63) is 70.9 Å². The van der Waals surface area contributed by atoms with Crippen LogP contribution in [0.2, 0.25) is 5.02 Å². The normalized spacial score (nSPS) is 15.7.